The molecule has 1 aliphatic rings. The predicted molar refractivity (Wildman–Crippen MR) is 108 cm³/mol. The molecule has 4 nitrogen and oxygen atoms in total. The summed E-state index contributed by atoms with van der Waals surface area (Å²) in [4.78, 5) is 16.9. The van der Waals surface area contributed by atoms with Gasteiger partial charge in [0.1, 0.15) is 0 Å². The number of halogens is 2. The smallest absolute Gasteiger partial charge is 0.224 e. The summed E-state index contributed by atoms with van der Waals surface area (Å²) in [6.45, 7) is 5.45. The van der Waals surface area contributed by atoms with Gasteiger partial charge < -0.3 is 15.1 Å². The van der Waals surface area contributed by atoms with Gasteiger partial charge in [-0.3, -0.25) is 4.79 Å². The molecule has 0 atom stereocenters. The second kappa shape index (κ2) is 9.75. The number of piperazine rings is 1. The Morgan fingerprint density at radius 2 is 1.71 bits per heavy atom. The Kier molecular flexibility index (Phi) is 7.12. The van der Waals surface area contributed by atoms with E-state index in [9.17, 15) is 13.6 Å². The van der Waals surface area contributed by atoms with Crippen LogP contribution in [0.2, 0.25) is 0 Å². The minimum absolute atomic E-state index is 0.0249. The third-order valence-electron chi connectivity index (χ3n) is 5.16. The predicted octanol–water partition coefficient (Wildman–Crippen LogP) is 3.99. The summed E-state index contributed by atoms with van der Waals surface area (Å²) in [5.41, 5.74) is 1.44. The van der Waals surface area contributed by atoms with Crippen molar-refractivity contribution in [3.8, 4) is 11.1 Å². The Bertz CT molecular complexity index is 787. The van der Waals surface area contributed by atoms with E-state index in [1.54, 1.807) is 24.3 Å². The number of benzene rings is 2. The number of hydrogen-bond donors (Lipinski definition) is 1. The van der Waals surface area contributed by atoms with Crippen LogP contribution in [-0.2, 0) is 4.79 Å². The molecule has 0 aliphatic carbocycles. The Balaban J connectivity index is 1.42. The molecular formula is C22H27F2N3O. The molecule has 1 heterocycles. The van der Waals surface area contributed by atoms with Gasteiger partial charge in [0.15, 0.2) is 11.6 Å². The molecule has 0 aromatic heterocycles. The van der Waals surface area contributed by atoms with Crippen LogP contribution in [0.1, 0.15) is 19.3 Å². The number of nitrogens with one attached hydrogen (secondary N) is 1. The zero-order chi connectivity index (χ0) is 19.9. The molecule has 3 rings (SSSR count). The number of likely N-dealkylation sites (N-methyl/N-ethyl adjacent to an activating group) is 1. The molecule has 1 aliphatic heterocycles. The first-order valence-electron chi connectivity index (χ1n) is 9.78. The van der Waals surface area contributed by atoms with E-state index < -0.39 is 11.6 Å². The van der Waals surface area contributed by atoms with E-state index in [1.165, 1.54) is 12.1 Å². The summed E-state index contributed by atoms with van der Waals surface area (Å²) in [5, 5.41) is 2.86. The number of carbonyl (C=O) groups is 1. The Morgan fingerprint density at radius 1 is 1.00 bits per heavy atom. The van der Waals surface area contributed by atoms with E-state index in [4.69, 9.17) is 0 Å². The number of rotatable bonds is 7. The van der Waals surface area contributed by atoms with Gasteiger partial charge in [0.25, 0.3) is 0 Å². The first-order chi connectivity index (χ1) is 13.5. The molecule has 0 radical (unpaired) electrons. The summed E-state index contributed by atoms with van der Waals surface area (Å²) in [6, 6.07) is 10.9. The molecule has 1 N–H and O–H groups in total. The van der Waals surface area contributed by atoms with Crippen molar-refractivity contribution in [3.05, 3.63) is 54.1 Å². The van der Waals surface area contributed by atoms with Crippen molar-refractivity contribution >= 4 is 11.6 Å². The van der Waals surface area contributed by atoms with Crippen molar-refractivity contribution < 1.29 is 13.6 Å². The Hall–Kier alpha value is -2.31. The van der Waals surface area contributed by atoms with Gasteiger partial charge in [0, 0.05) is 43.9 Å². The minimum Gasteiger partial charge on any atom is -0.326 e. The topological polar surface area (TPSA) is 35.6 Å². The third-order valence-corrected chi connectivity index (χ3v) is 5.16. The number of anilines is 1. The average Bonchev–Trinajstić information content (AvgIpc) is 2.69. The van der Waals surface area contributed by atoms with Gasteiger partial charge in [-0.05, 0) is 50.2 Å². The Labute approximate surface area is 165 Å². The molecular weight excluding hydrogens is 360 g/mol. The molecule has 1 saturated heterocycles. The fourth-order valence-electron chi connectivity index (χ4n) is 3.38. The highest BCUT2D eigenvalue weighted by Gasteiger charge is 2.13. The van der Waals surface area contributed by atoms with Gasteiger partial charge in [0.2, 0.25) is 5.91 Å². The van der Waals surface area contributed by atoms with Crippen molar-refractivity contribution in [2.45, 2.75) is 19.3 Å². The van der Waals surface area contributed by atoms with Crippen LogP contribution in [0.4, 0.5) is 14.5 Å². The number of hydrogen-bond acceptors (Lipinski definition) is 3. The average molecular weight is 387 g/mol. The van der Waals surface area contributed by atoms with Crippen LogP contribution in [0.3, 0.4) is 0 Å². The lowest BCUT2D eigenvalue weighted by molar-refractivity contribution is -0.116. The normalized spacial score (nSPS) is 15.5. The Morgan fingerprint density at radius 3 is 2.43 bits per heavy atom. The highest BCUT2D eigenvalue weighted by Crippen LogP contribution is 2.25. The maximum Gasteiger partial charge on any atom is 0.224 e. The first-order valence-corrected chi connectivity index (χ1v) is 9.78. The molecule has 6 heteroatoms. The maximum atomic E-state index is 13.9. The van der Waals surface area contributed by atoms with Crippen LogP contribution in [0.15, 0.2) is 42.5 Å². The van der Waals surface area contributed by atoms with E-state index in [0.29, 0.717) is 17.7 Å². The molecule has 0 spiro atoms. The van der Waals surface area contributed by atoms with E-state index in [0.717, 1.165) is 51.6 Å². The largest absolute Gasteiger partial charge is 0.326 e. The fraction of sp³-hybridized carbons (Fsp3) is 0.409. The molecule has 0 unspecified atom stereocenters. The van der Waals surface area contributed by atoms with E-state index in [2.05, 4.69) is 22.2 Å². The molecule has 0 bridgehead atoms. The van der Waals surface area contributed by atoms with Crippen LogP contribution < -0.4 is 5.32 Å². The minimum atomic E-state index is -0.869. The molecule has 2 aromatic carbocycles. The van der Waals surface area contributed by atoms with Gasteiger partial charge in [-0.15, -0.1) is 0 Å². The SMILES string of the molecule is CN1CCN(CCCCC(=O)Nc2ccc(-c3cccc(F)c3F)cc2)CC1. The van der Waals surface area contributed by atoms with Gasteiger partial charge in [-0.1, -0.05) is 24.3 Å². The van der Waals surface area contributed by atoms with E-state index in [-0.39, 0.29) is 11.5 Å². The molecule has 28 heavy (non-hydrogen) atoms. The summed E-state index contributed by atoms with van der Waals surface area (Å²) in [6.07, 6.45) is 2.34. The number of amides is 1. The zero-order valence-corrected chi connectivity index (χ0v) is 16.3. The summed E-state index contributed by atoms with van der Waals surface area (Å²) < 4.78 is 27.2. The summed E-state index contributed by atoms with van der Waals surface area (Å²) in [7, 11) is 2.14. The fourth-order valence-corrected chi connectivity index (χ4v) is 3.38. The number of unbranched alkanes of at least 4 members (excludes halogenated alkanes) is 1. The molecule has 1 amide bonds. The molecule has 1 fully saturated rings. The van der Waals surface area contributed by atoms with Crippen LogP contribution in [0.25, 0.3) is 11.1 Å². The van der Waals surface area contributed by atoms with E-state index >= 15 is 0 Å². The lowest BCUT2D eigenvalue weighted by Crippen LogP contribution is -2.44. The van der Waals surface area contributed by atoms with Gasteiger partial charge in [-0.2, -0.15) is 0 Å². The number of carbonyl (C=O) groups excluding carboxylic acids is 1. The van der Waals surface area contributed by atoms with Gasteiger partial charge in [0.05, 0.1) is 0 Å². The van der Waals surface area contributed by atoms with Gasteiger partial charge >= 0.3 is 0 Å². The van der Waals surface area contributed by atoms with Crippen LogP contribution >= 0.6 is 0 Å². The highest BCUT2D eigenvalue weighted by molar-refractivity contribution is 5.90. The van der Waals surface area contributed by atoms with Crippen molar-refractivity contribution in [2.75, 3.05) is 45.1 Å². The lowest BCUT2D eigenvalue weighted by atomic mass is 10.0. The standard InChI is InChI=1S/C22H27F2N3O/c1-26-13-15-27(16-14-26)12-3-2-7-21(28)25-18-10-8-17(9-11-18)19-5-4-6-20(23)22(19)24/h4-6,8-11H,2-3,7,12-16H2,1H3,(H,25,28). The molecule has 2 aromatic rings. The molecule has 150 valence electrons. The number of nitrogens with zero attached hydrogens (tertiary/aromatic N) is 2. The van der Waals surface area contributed by atoms with Crippen molar-refractivity contribution in [2.24, 2.45) is 0 Å². The van der Waals surface area contributed by atoms with Crippen molar-refractivity contribution in [1.82, 2.24) is 9.80 Å². The summed E-state index contributed by atoms with van der Waals surface area (Å²) in [5.74, 6) is -1.76. The second-order valence-electron chi connectivity index (χ2n) is 7.33. The second-order valence-corrected chi connectivity index (χ2v) is 7.33. The highest BCUT2D eigenvalue weighted by atomic mass is 19.2. The van der Waals surface area contributed by atoms with Gasteiger partial charge in [-0.25, -0.2) is 8.78 Å². The van der Waals surface area contributed by atoms with E-state index in [1.807, 2.05) is 0 Å². The monoisotopic (exact) mass is 387 g/mol. The maximum absolute atomic E-state index is 13.9. The quantitative estimate of drug-likeness (QED) is 0.730. The van der Waals surface area contributed by atoms with Crippen molar-refractivity contribution in [3.63, 3.8) is 0 Å². The van der Waals surface area contributed by atoms with Crippen LogP contribution in [0, 0.1) is 11.6 Å². The lowest BCUT2D eigenvalue weighted by Gasteiger charge is -2.32. The summed E-state index contributed by atoms with van der Waals surface area (Å²) >= 11 is 0. The van der Waals surface area contributed by atoms with Crippen LogP contribution in [-0.4, -0.2) is 55.5 Å². The zero-order valence-electron chi connectivity index (χ0n) is 16.3. The van der Waals surface area contributed by atoms with Crippen molar-refractivity contribution in [1.29, 1.82) is 0 Å². The molecule has 0 saturated carbocycles. The third kappa shape index (κ3) is 5.59. The van der Waals surface area contributed by atoms with Crippen LogP contribution in [0.5, 0.6) is 0 Å². The first kappa shape index (κ1) is 20.4.